The molecule has 2 aromatic rings. The number of ether oxygens (including phenoxy) is 1. The van der Waals surface area contributed by atoms with Gasteiger partial charge in [0.05, 0.1) is 12.7 Å². The molecule has 1 atom stereocenters. The Morgan fingerprint density at radius 1 is 1.27 bits per heavy atom. The van der Waals surface area contributed by atoms with Crippen LogP contribution in [0.2, 0.25) is 5.02 Å². The van der Waals surface area contributed by atoms with E-state index in [-0.39, 0.29) is 0 Å². The maximum absolute atomic E-state index is 12.4. The Bertz CT molecular complexity index is 817. The van der Waals surface area contributed by atoms with E-state index in [1.165, 1.54) is 23.3 Å². The molecule has 5 nitrogen and oxygen atoms in total. The molecule has 2 amide bonds. The van der Waals surface area contributed by atoms with Crippen LogP contribution in [0.1, 0.15) is 40.6 Å². The summed E-state index contributed by atoms with van der Waals surface area (Å²) in [4.78, 5) is 25.8. The zero-order chi connectivity index (χ0) is 18.7. The first-order valence-corrected chi connectivity index (χ1v) is 9.77. The van der Waals surface area contributed by atoms with Crippen LogP contribution in [0.4, 0.5) is 15.5 Å². The second-order valence-electron chi connectivity index (χ2n) is 6.30. The highest BCUT2D eigenvalue weighted by Gasteiger charge is 2.29. The van der Waals surface area contributed by atoms with Gasteiger partial charge >= 0.3 is 12.0 Å². The Hall–Kier alpha value is -2.05. The minimum Gasteiger partial charge on any atom is -0.465 e. The van der Waals surface area contributed by atoms with Gasteiger partial charge in [-0.1, -0.05) is 24.9 Å². The van der Waals surface area contributed by atoms with Crippen molar-refractivity contribution in [3.05, 3.63) is 45.3 Å². The molecule has 138 valence electrons. The standard InChI is InChI=1S/C19H21ClN2O3S/c1-3-11-4-9-14-15(10-11)26-17(16(14)18(23)25-2)22-19(24)21-13-7-5-12(20)6-8-13/h5-8,11H,3-4,9-10H2,1-2H3,(H2,21,22,24)/t11-/m0/s1. The summed E-state index contributed by atoms with van der Waals surface area (Å²) in [5, 5.41) is 6.71. The molecule has 1 heterocycles. The first kappa shape index (κ1) is 18.7. The molecule has 0 saturated carbocycles. The van der Waals surface area contributed by atoms with E-state index in [1.807, 2.05) is 0 Å². The molecule has 0 saturated heterocycles. The highest BCUT2D eigenvalue weighted by Crippen LogP contribution is 2.40. The fraction of sp³-hybridized carbons (Fsp3) is 0.368. The van der Waals surface area contributed by atoms with Gasteiger partial charge in [0.15, 0.2) is 0 Å². The highest BCUT2D eigenvalue weighted by molar-refractivity contribution is 7.17. The summed E-state index contributed by atoms with van der Waals surface area (Å²) in [7, 11) is 1.36. The average Bonchev–Trinajstić information content (AvgIpc) is 2.99. The Morgan fingerprint density at radius 3 is 2.65 bits per heavy atom. The lowest BCUT2D eigenvalue weighted by Crippen LogP contribution is -2.20. The summed E-state index contributed by atoms with van der Waals surface area (Å²) in [6.45, 7) is 2.18. The topological polar surface area (TPSA) is 67.4 Å². The lowest BCUT2D eigenvalue weighted by molar-refractivity contribution is 0.0601. The lowest BCUT2D eigenvalue weighted by Gasteiger charge is -2.20. The number of amides is 2. The third-order valence-corrected chi connectivity index (χ3v) is 6.09. The predicted molar refractivity (Wildman–Crippen MR) is 106 cm³/mol. The maximum atomic E-state index is 12.4. The number of carbonyl (C=O) groups excluding carboxylic acids is 2. The van der Waals surface area contributed by atoms with Crippen LogP contribution in [0.3, 0.4) is 0 Å². The van der Waals surface area contributed by atoms with E-state index < -0.39 is 12.0 Å². The van der Waals surface area contributed by atoms with Gasteiger partial charge in [-0.3, -0.25) is 5.32 Å². The minimum atomic E-state index is -0.403. The van der Waals surface area contributed by atoms with E-state index in [4.69, 9.17) is 16.3 Å². The number of thiophene rings is 1. The summed E-state index contributed by atoms with van der Waals surface area (Å²) in [5.74, 6) is 0.224. The third-order valence-electron chi connectivity index (χ3n) is 4.66. The highest BCUT2D eigenvalue weighted by atomic mass is 35.5. The fourth-order valence-corrected chi connectivity index (χ4v) is 4.68. The summed E-state index contributed by atoms with van der Waals surface area (Å²) in [5.41, 5.74) is 2.14. The number of carbonyl (C=O) groups is 2. The predicted octanol–water partition coefficient (Wildman–Crippen LogP) is 5.35. The normalized spacial score (nSPS) is 15.9. The van der Waals surface area contributed by atoms with Crippen LogP contribution in [0.5, 0.6) is 0 Å². The van der Waals surface area contributed by atoms with Crippen LogP contribution >= 0.6 is 22.9 Å². The molecular weight excluding hydrogens is 372 g/mol. The van der Waals surface area contributed by atoms with Crippen LogP contribution in [0, 0.1) is 5.92 Å². The minimum absolute atomic E-state index is 0.400. The molecule has 1 aromatic heterocycles. The van der Waals surface area contributed by atoms with Crippen LogP contribution in [0.15, 0.2) is 24.3 Å². The first-order valence-electron chi connectivity index (χ1n) is 8.58. The molecule has 26 heavy (non-hydrogen) atoms. The van der Waals surface area contributed by atoms with E-state index in [1.54, 1.807) is 24.3 Å². The van der Waals surface area contributed by atoms with E-state index >= 15 is 0 Å². The number of fused-ring (bicyclic) bond motifs is 1. The Labute approximate surface area is 161 Å². The van der Waals surface area contributed by atoms with Crippen molar-refractivity contribution in [1.82, 2.24) is 0 Å². The fourth-order valence-electron chi connectivity index (χ4n) is 3.21. The van der Waals surface area contributed by atoms with Crippen molar-refractivity contribution in [3.8, 4) is 0 Å². The molecule has 0 fully saturated rings. The number of halogens is 1. The number of hydrogen-bond acceptors (Lipinski definition) is 4. The van der Waals surface area contributed by atoms with E-state index in [2.05, 4.69) is 17.6 Å². The van der Waals surface area contributed by atoms with E-state index in [9.17, 15) is 9.59 Å². The number of rotatable bonds is 4. The second-order valence-corrected chi connectivity index (χ2v) is 7.84. The molecule has 0 radical (unpaired) electrons. The zero-order valence-corrected chi connectivity index (χ0v) is 16.3. The van der Waals surface area contributed by atoms with Gasteiger partial charge in [0.2, 0.25) is 0 Å². The molecule has 1 aromatic carbocycles. The number of anilines is 2. The SMILES string of the molecule is CC[C@H]1CCc2c(sc(NC(=O)Nc3ccc(Cl)cc3)c2C(=O)OC)C1. The van der Waals surface area contributed by atoms with Crippen LogP contribution in [0.25, 0.3) is 0 Å². The number of nitrogens with one attached hydrogen (secondary N) is 2. The number of hydrogen-bond donors (Lipinski definition) is 2. The second kappa shape index (κ2) is 8.10. The summed E-state index contributed by atoms with van der Waals surface area (Å²) in [6, 6.07) is 6.43. The summed E-state index contributed by atoms with van der Waals surface area (Å²) < 4.78 is 4.95. The van der Waals surface area contributed by atoms with Crippen molar-refractivity contribution in [2.75, 3.05) is 17.7 Å². The Balaban J connectivity index is 1.82. The van der Waals surface area contributed by atoms with Crippen molar-refractivity contribution in [3.63, 3.8) is 0 Å². The van der Waals surface area contributed by atoms with Crippen molar-refractivity contribution in [2.24, 2.45) is 5.92 Å². The van der Waals surface area contributed by atoms with Gasteiger partial charge in [0, 0.05) is 15.6 Å². The number of benzene rings is 1. The average molecular weight is 393 g/mol. The maximum Gasteiger partial charge on any atom is 0.341 e. The summed E-state index contributed by atoms with van der Waals surface area (Å²) in [6.07, 6.45) is 3.96. The lowest BCUT2D eigenvalue weighted by atomic mass is 9.86. The van der Waals surface area contributed by atoms with Crippen molar-refractivity contribution < 1.29 is 14.3 Å². The largest absolute Gasteiger partial charge is 0.465 e. The quantitative estimate of drug-likeness (QED) is 0.689. The van der Waals surface area contributed by atoms with E-state index in [0.29, 0.717) is 27.2 Å². The van der Waals surface area contributed by atoms with Crippen molar-refractivity contribution in [1.29, 1.82) is 0 Å². The molecule has 3 rings (SSSR count). The molecule has 0 aliphatic heterocycles. The van der Waals surface area contributed by atoms with Gasteiger partial charge in [0.1, 0.15) is 5.00 Å². The molecular formula is C19H21ClN2O3S. The van der Waals surface area contributed by atoms with Gasteiger partial charge in [-0.15, -0.1) is 11.3 Å². The Kier molecular flexibility index (Phi) is 5.84. The monoisotopic (exact) mass is 392 g/mol. The number of urea groups is 1. The molecule has 0 bridgehead atoms. The number of methoxy groups -OCH3 is 1. The molecule has 7 heteroatoms. The molecule has 0 unspecified atom stereocenters. The van der Waals surface area contributed by atoms with Gasteiger partial charge < -0.3 is 10.1 Å². The van der Waals surface area contributed by atoms with Gasteiger partial charge in [-0.05, 0) is 55.0 Å². The van der Waals surface area contributed by atoms with Gasteiger partial charge in [0.25, 0.3) is 0 Å². The number of esters is 1. The molecule has 2 N–H and O–H groups in total. The zero-order valence-electron chi connectivity index (χ0n) is 14.7. The molecule has 1 aliphatic rings. The first-order chi connectivity index (χ1) is 12.5. The van der Waals surface area contributed by atoms with E-state index in [0.717, 1.165) is 31.2 Å². The van der Waals surface area contributed by atoms with Crippen LogP contribution < -0.4 is 10.6 Å². The third kappa shape index (κ3) is 4.02. The summed E-state index contributed by atoms with van der Waals surface area (Å²) >= 11 is 7.33. The Morgan fingerprint density at radius 2 is 2.00 bits per heavy atom. The smallest absolute Gasteiger partial charge is 0.341 e. The van der Waals surface area contributed by atoms with Gasteiger partial charge in [-0.25, -0.2) is 9.59 Å². The molecule has 1 aliphatic carbocycles. The van der Waals surface area contributed by atoms with Gasteiger partial charge in [-0.2, -0.15) is 0 Å². The van der Waals surface area contributed by atoms with Crippen LogP contribution in [-0.4, -0.2) is 19.1 Å². The van der Waals surface area contributed by atoms with Crippen molar-refractivity contribution in [2.45, 2.75) is 32.6 Å². The van der Waals surface area contributed by atoms with Crippen molar-refractivity contribution >= 4 is 45.6 Å². The molecule has 0 spiro atoms. The van der Waals surface area contributed by atoms with Crippen LogP contribution in [-0.2, 0) is 17.6 Å².